The van der Waals surface area contributed by atoms with Gasteiger partial charge >= 0.3 is 6.03 Å². The third-order valence-electron chi connectivity index (χ3n) is 5.72. The minimum atomic E-state index is -0.165. The van der Waals surface area contributed by atoms with Crippen LogP contribution < -0.4 is 10.6 Å². The second-order valence-corrected chi connectivity index (χ2v) is 7.56. The largest absolute Gasteiger partial charge is 0.379 e. The number of urea groups is 1. The van der Waals surface area contributed by atoms with Crippen molar-refractivity contribution in [1.82, 2.24) is 15.5 Å². The summed E-state index contributed by atoms with van der Waals surface area (Å²) in [6.07, 6.45) is 5.17. The van der Waals surface area contributed by atoms with E-state index in [9.17, 15) is 9.59 Å². The Balaban J connectivity index is 1.43. The van der Waals surface area contributed by atoms with Gasteiger partial charge in [0.05, 0.1) is 12.1 Å². The molecule has 27 heavy (non-hydrogen) atoms. The summed E-state index contributed by atoms with van der Waals surface area (Å²) in [4.78, 5) is 26.9. The zero-order valence-corrected chi connectivity index (χ0v) is 16.2. The second-order valence-electron chi connectivity index (χ2n) is 7.56. The molecule has 1 saturated carbocycles. The molecular weight excluding hydrogens is 342 g/mol. The predicted molar refractivity (Wildman–Crippen MR) is 104 cm³/mol. The van der Waals surface area contributed by atoms with E-state index in [-0.39, 0.29) is 30.0 Å². The minimum absolute atomic E-state index is 0.0206. The highest BCUT2D eigenvalue weighted by molar-refractivity contribution is 5.79. The van der Waals surface area contributed by atoms with Crippen LogP contribution in [0, 0.1) is 5.92 Å². The third-order valence-corrected chi connectivity index (χ3v) is 5.72. The standard InChI is InChI=1S/C21H31N3O3/c1-27-19-15-17(20(25)24-13-5-6-14-24)9-10-18(19)23-21(26)22-12-11-16-7-3-2-4-8-16/h2-4,7-8,17-19H,5-6,9-15H2,1H3,(H2,22,23,26)/t17-,18+,19+/m0/s1. The predicted octanol–water partition coefficient (Wildman–Crippen LogP) is 2.33. The van der Waals surface area contributed by atoms with Gasteiger partial charge in [0.1, 0.15) is 0 Å². The van der Waals surface area contributed by atoms with Crippen LogP contribution in [0.4, 0.5) is 4.79 Å². The van der Waals surface area contributed by atoms with Crippen LogP contribution in [0.5, 0.6) is 0 Å². The Morgan fingerprint density at radius 2 is 1.89 bits per heavy atom. The third kappa shape index (κ3) is 5.45. The molecule has 0 radical (unpaired) electrons. The van der Waals surface area contributed by atoms with E-state index >= 15 is 0 Å². The van der Waals surface area contributed by atoms with Crippen LogP contribution >= 0.6 is 0 Å². The van der Waals surface area contributed by atoms with Gasteiger partial charge in [-0.25, -0.2) is 4.79 Å². The fourth-order valence-electron chi connectivity index (χ4n) is 4.16. The molecule has 0 aromatic heterocycles. The molecule has 0 bridgehead atoms. The highest BCUT2D eigenvalue weighted by Crippen LogP contribution is 2.29. The van der Waals surface area contributed by atoms with Crippen LogP contribution in [-0.4, -0.2) is 55.7 Å². The quantitative estimate of drug-likeness (QED) is 0.804. The van der Waals surface area contributed by atoms with Gasteiger partial charge in [0.15, 0.2) is 0 Å². The maximum absolute atomic E-state index is 12.6. The zero-order valence-electron chi connectivity index (χ0n) is 16.2. The van der Waals surface area contributed by atoms with Crippen molar-refractivity contribution in [3.05, 3.63) is 35.9 Å². The molecule has 2 N–H and O–H groups in total. The van der Waals surface area contributed by atoms with Crippen LogP contribution in [0.15, 0.2) is 30.3 Å². The molecule has 2 aliphatic rings. The molecule has 1 aromatic carbocycles. The molecule has 0 unspecified atom stereocenters. The molecule has 6 nitrogen and oxygen atoms in total. The van der Waals surface area contributed by atoms with E-state index < -0.39 is 0 Å². The molecule has 1 saturated heterocycles. The average Bonchev–Trinajstić information content (AvgIpc) is 3.23. The van der Waals surface area contributed by atoms with Gasteiger partial charge in [-0.2, -0.15) is 0 Å². The maximum atomic E-state index is 12.6. The first-order valence-electron chi connectivity index (χ1n) is 10.1. The Labute approximate surface area is 161 Å². The number of nitrogens with one attached hydrogen (secondary N) is 2. The molecule has 148 valence electrons. The number of hydrogen-bond donors (Lipinski definition) is 2. The normalized spacial score (nSPS) is 25.2. The number of nitrogens with zero attached hydrogens (tertiary/aromatic N) is 1. The van der Waals surface area contributed by atoms with Crippen LogP contribution in [0.3, 0.4) is 0 Å². The molecule has 1 aliphatic carbocycles. The lowest BCUT2D eigenvalue weighted by Gasteiger charge is -2.36. The first kappa shape index (κ1) is 19.7. The minimum Gasteiger partial charge on any atom is -0.379 e. The Kier molecular flexibility index (Phi) is 7.10. The van der Waals surface area contributed by atoms with Gasteiger partial charge < -0.3 is 20.3 Å². The molecule has 6 heteroatoms. The number of likely N-dealkylation sites (tertiary alicyclic amines) is 1. The molecule has 1 aromatic rings. The molecule has 1 aliphatic heterocycles. The Morgan fingerprint density at radius 1 is 1.15 bits per heavy atom. The summed E-state index contributed by atoms with van der Waals surface area (Å²) in [5.41, 5.74) is 1.20. The van der Waals surface area contributed by atoms with Crippen LogP contribution in [-0.2, 0) is 16.0 Å². The molecule has 1 heterocycles. The SMILES string of the molecule is CO[C@@H]1C[C@@H](C(=O)N2CCCC2)CC[C@H]1NC(=O)NCCc1ccccc1. The fourth-order valence-corrected chi connectivity index (χ4v) is 4.16. The van der Waals surface area contributed by atoms with Crippen molar-refractivity contribution in [1.29, 1.82) is 0 Å². The van der Waals surface area contributed by atoms with Gasteiger partial charge in [0.25, 0.3) is 0 Å². The number of amides is 3. The number of hydrogen-bond acceptors (Lipinski definition) is 3. The van der Waals surface area contributed by atoms with Crippen LogP contribution in [0.2, 0.25) is 0 Å². The monoisotopic (exact) mass is 373 g/mol. The summed E-state index contributed by atoms with van der Waals surface area (Å²) in [5.74, 6) is 0.285. The number of rotatable bonds is 6. The summed E-state index contributed by atoms with van der Waals surface area (Å²) in [5, 5.41) is 5.96. The number of carbonyl (C=O) groups is 2. The molecule has 3 amide bonds. The topological polar surface area (TPSA) is 70.7 Å². The van der Waals surface area contributed by atoms with Crippen LogP contribution in [0.25, 0.3) is 0 Å². The fraction of sp³-hybridized carbons (Fsp3) is 0.619. The Hall–Kier alpha value is -2.08. The number of carbonyl (C=O) groups excluding carboxylic acids is 2. The molecule has 0 spiro atoms. The molecule has 3 atom stereocenters. The first-order valence-corrected chi connectivity index (χ1v) is 10.1. The van der Waals surface area contributed by atoms with E-state index in [2.05, 4.69) is 22.8 Å². The Bertz CT molecular complexity index is 616. The second kappa shape index (κ2) is 9.74. The van der Waals surface area contributed by atoms with E-state index in [1.165, 1.54) is 5.56 Å². The van der Waals surface area contributed by atoms with Crippen molar-refractivity contribution in [2.45, 2.75) is 50.7 Å². The van der Waals surface area contributed by atoms with Gasteiger partial charge in [0.2, 0.25) is 5.91 Å². The van der Waals surface area contributed by atoms with Crippen molar-refractivity contribution in [3.63, 3.8) is 0 Å². The molecule has 2 fully saturated rings. The summed E-state index contributed by atoms with van der Waals surface area (Å²) >= 11 is 0. The maximum Gasteiger partial charge on any atom is 0.315 e. The lowest BCUT2D eigenvalue weighted by molar-refractivity contribution is -0.137. The summed E-state index contributed by atoms with van der Waals surface area (Å²) in [6, 6.07) is 9.88. The summed E-state index contributed by atoms with van der Waals surface area (Å²) < 4.78 is 5.61. The van der Waals surface area contributed by atoms with Gasteiger partial charge in [-0.15, -0.1) is 0 Å². The van der Waals surface area contributed by atoms with Gasteiger partial charge in [-0.05, 0) is 44.1 Å². The lowest BCUT2D eigenvalue weighted by atomic mass is 9.83. The van der Waals surface area contributed by atoms with Gasteiger partial charge in [-0.1, -0.05) is 30.3 Å². The highest BCUT2D eigenvalue weighted by Gasteiger charge is 2.36. The zero-order chi connectivity index (χ0) is 19.1. The van der Waals surface area contributed by atoms with Crippen LogP contribution in [0.1, 0.15) is 37.7 Å². The number of benzene rings is 1. The van der Waals surface area contributed by atoms with E-state index in [1.54, 1.807) is 7.11 Å². The lowest BCUT2D eigenvalue weighted by Crippen LogP contribution is -2.52. The van der Waals surface area contributed by atoms with E-state index in [4.69, 9.17) is 4.74 Å². The number of ether oxygens (including phenoxy) is 1. The summed E-state index contributed by atoms with van der Waals surface area (Å²) in [6.45, 7) is 2.37. The van der Waals surface area contributed by atoms with Crippen molar-refractivity contribution in [3.8, 4) is 0 Å². The molecular formula is C21H31N3O3. The average molecular weight is 373 g/mol. The van der Waals surface area contributed by atoms with E-state index in [1.807, 2.05) is 23.1 Å². The van der Waals surface area contributed by atoms with E-state index in [0.717, 1.165) is 45.2 Å². The molecule has 3 rings (SSSR count). The van der Waals surface area contributed by atoms with Crippen molar-refractivity contribution in [2.75, 3.05) is 26.7 Å². The summed E-state index contributed by atoms with van der Waals surface area (Å²) in [7, 11) is 1.66. The Morgan fingerprint density at radius 3 is 2.59 bits per heavy atom. The van der Waals surface area contributed by atoms with Gasteiger partial charge in [-0.3, -0.25) is 4.79 Å². The van der Waals surface area contributed by atoms with E-state index in [0.29, 0.717) is 13.0 Å². The first-order chi connectivity index (χ1) is 13.2. The smallest absolute Gasteiger partial charge is 0.315 e. The highest BCUT2D eigenvalue weighted by atomic mass is 16.5. The van der Waals surface area contributed by atoms with Crippen molar-refractivity contribution in [2.24, 2.45) is 5.92 Å². The van der Waals surface area contributed by atoms with Crippen molar-refractivity contribution < 1.29 is 14.3 Å². The van der Waals surface area contributed by atoms with Gasteiger partial charge in [0, 0.05) is 32.7 Å². The number of methoxy groups -OCH3 is 1. The van der Waals surface area contributed by atoms with Crippen molar-refractivity contribution >= 4 is 11.9 Å².